The Bertz CT molecular complexity index is 1720. The Morgan fingerprint density at radius 3 is 1.82 bits per heavy atom. The maximum Gasteiger partial charge on any atom is 0.340 e. The second-order valence-corrected chi connectivity index (χ2v) is 10.1. The number of aliphatic hydroxyl groups excluding tert-OH is 2. The first-order valence-electron chi connectivity index (χ1n) is 12.8. The van der Waals surface area contributed by atoms with E-state index in [0.717, 1.165) is 12.1 Å². The Morgan fingerprint density at radius 1 is 0.733 bits per heavy atom. The minimum absolute atomic E-state index is 0.0791. The highest BCUT2D eigenvalue weighted by Crippen LogP contribution is 2.52. The zero-order valence-electron chi connectivity index (χ0n) is 22.7. The normalized spacial score (nSPS) is 23.0. The number of aliphatic hydroxyl groups is 2. The van der Waals surface area contributed by atoms with E-state index in [1.54, 1.807) is 0 Å². The maximum atomic E-state index is 13.5. The number of carbonyl (C=O) groups is 3. The van der Waals surface area contributed by atoms with Crippen LogP contribution in [0.2, 0.25) is 0 Å². The van der Waals surface area contributed by atoms with Crippen molar-refractivity contribution in [3.63, 3.8) is 0 Å². The third-order valence-corrected chi connectivity index (χ3v) is 7.20. The SMILES string of the molecule is Cc1cc(C(=O)O[C@@H]2OC3COC(=O)c4cc(O)c(O)c(O)c4-c4c(cc(O)c(O)c4O)C(=O)O[C@H](C2O)[C@@H]3O)cc(O)c1O. The molecule has 45 heavy (non-hydrogen) atoms. The smallest absolute Gasteiger partial charge is 0.340 e. The predicted molar refractivity (Wildman–Crippen MR) is 142 cm³/mol. The van der Waals surface area contributed by atoms with Crippen molar-refractivity contribution < 1.29 is 84.4 Å². The lowest BCUT2D eigenvalue weighted by Crippen LogP contribution is -2.61. The molecule has 1 saturated heterocycles. The molecule has 0 saturated carbocycles. The summed E-state index contributed by atoms with van der Waals surface area (Å²) in [5, 5.41) is 103. The van der Waals surface area contributed by atoms with Crippen LogP contribution in [0.1, 0.15) is 36.6 Å². The van der Waals surface area contributed by atoms with Crippen LogP contribution in [-0.2, 0) is 18.9 Å². The van der Waals surface area contributed by atoms with Gasteiger partial charge in [0.05, 0.1) is 16.7 Å². The average molecular weight is 632 g/mol. The fourth-order valence-electron chi connectivity index (χ4n) is 4.87. The molecular weight excluding hydrogens is 608 g/mol. The number of phenols is 8. The molecule has 2 unspecified atom stereocenters. The number of fused-ring (bicyclic) bond motifs is 5. The molecule has 2 aliphatic rings. The van der Waals surface area contributed by atoms with Gasteiger partial charge >= 0.3 is 17.9 Å². The zero-order chi connectivity index (χ0) is 33.1. The Kier molecular flexibility index (Phi) is 7.61. The lowest BCUT2D eigenvalue weighted by molar-refractivity contribution is -0.284. The van der Waals surface area contributed by atoms with Crippen LogP contribution >= 0.6 is 0 Å². The minimum atomic E-state index is -2.15. The third-order valence-electron chi connectivity index (χ3n) is 7.20. The first-order valence-corrected chi connectivity index (χ1v) is 12.8. The van der Waals surface area contributed by atoms with Crippen molar-refractivity contribution in [1.82, 2.24) is 0 Å². The summed E-state index contributed by atoms with van der Waals surface area (Å²) in [5.74, 6) is -12.6. The van der Waals surface area contributed by atoms with Crippen LogP contribution in [0.4, 0.5) is 0 Å². The predicted octanol–water partition coefficient (Wildman–Crippen LogP) is 0.306. The summed E-state index contributed by atoms with van der Waals surface area (Å²) in [6.45, 7) is 0.458. The van der Waals surface area contributed by atoms with Gasteiger partial charge in [-0.2, -0.15) is 0 Å². The summed E-state index contributed by atoms with van der Waals surface area (Å²) in [4.78, 5) is 39.5. The molecule has 3 aromatic rings. The molecule has 2 bridgehead atoms. The Balaban J connectivity index is 1.61. The van der Waals surface area contributed by atoms with Gasteiger partial charge in [-0.1, -0.05) is 0 Å². The van der Waals surface area contributed by atoms with Crippen molar-refractivity contribution in [1.29, 1.82) is 0 Å². The van der Waals surface area contributed by atoms with Crippen LogP contribution in [0.3, 0.4) is 0 Å². The molecule has 17 nitrogen and oxygen atoms in total. The zero-order valence-corrected chi connectivity index (χ0v) is 22.7. The molecule has 10 N–H and O–H groups in total. The Morgan fingerprint density at radius 2 is 1.27 bits per heavy atom. The minimum Gasteiger partial charge on any atom is -0.504 e. The van der Waals surface area contributed by atoms with Crippen molar-refractivity contribution >= 4 is 17.9 Å². The molecule has 5 rings (SSSR count). The van der Waals surface area contributed by atoms with Gasteiger partial charge in [0.2, 0.25) is 17.8 Å². The van der Waals surface area contributed by atoms with E-state index < -0.39 is 123 Å². The molecule has 2 aliphatic heterocycles. The number of aromatic hydroxyl groups is 8. The largest absolute Gasteiger partial charge is 0.504 e. The number of aryl methyl sites for hydroxylation is 1. The number of ether oxygens (including phenoxy) is 4. The van der Waals surface area contributed by atoms with Crippen LogP contribution in [0, 0.1) is 6.92 Å². The van der Waals surface area contributed by atoms with E-state index in [2.05, 4.69) is 0 Å². The summed E-state index contributed by atoms with van der Waals surface area (Å²) in [6, 6.07) is 3.10. The van der Waals surface area contributed by atoms with Crippen molar-refractivity contribution in [3.05, 3.63) is 46.5 Å². The molecule has 3 aromatic carbocycles. The summed E-state index contributed by atoms with van der Waals surface area (Å²) in [7, 11) is 0. The second kappa shape index (κ2) is 11.1. The van der Waals surface area contributed by atoms with Gasteiger partial charge in [-0.3, -0.25) is 0 Å². The van der Waals surface area contributed by atoms with Crippen LogP contribution in [0.15, 0.2) is 24.3 Å². The average Bonchev–Trinajstić information content (AvgIpc) is 2.99. The van der Waals surface area contributed by atoms with E-state index in [9.17, 15) is 65.4 Å². The highest BCUT2D eigenvalue weighted by molar-refractivity contribution is 6.08. The number of phenolic OH excluding ortho intramolecular Hbond substituents is 8. The van der Waals surface area contributed by atoms with Crippen molar-refractivity contribution in [2.75, 3.05) is 6.61 Å². The Hall–Kier alpha value is -5.65. The first-order chi connectivity index (χ1) is 21.1. The molecule has 1 fully saturated rings. The van der Waals surface area contributed by atoms with Crippen LogP contribution in [0.25, 0.3) is 11.1 Å². The van der Waals surface area contributed by atoms with Gasteiger partial charge in [0.1, 0.15) is 18.8 Å². The molecule has 0 radical (unpaired) electrons. The van der Waals surface area contributed by atoms with Gasteiger partial charge in [-0.25, -0.2) is 14.4 Å². The molecule has 0 amide bonds. The van der Waals surface area contributed by atoms with E-state index in [0.29, 0.717) is 12.1 Å². The summed E-state index contributed by atoms with van der Waals surface area (Å²) < 4.78 is 21.1. The van der Waals surface area contributed by atoms with E-state index in [1.165, 1.54) is 6.92 Å². The second-order valence-electron chi connectivity index (χ2n) is 10.1. The molecule has 0 aliphatic carbocycles. The van der Waals surface area contributed by atoms with Crippen molar-refractivity contribution in [2.24, 2.45) is 0 Å². The van der Waals surface area contributed by atoms with Crippen LogP contribution < -0.4 is 0 Å². The topological polar surface area (TPSA) is 290 Å². The third kappa shape index (κ3) is 5.13. The molecule has 238 valence electrons. The summed E-state index contributed by atoms with van der Waals surface area (Å²) in [6.07, 6.45) is -9.89. The quantitative estimate of drug-likeness (QED) is 0.103. The van der Waals surface area contributed by atoms with Gasteiger partial charge < -0.3 is 70.0 Å². The van der Waals surface area contributed by atoms with Gasteiger partial charge in [-0.05, 0) is 36.8 Å². The number of carbonyl (C=O) groups excluding carboxylic acids is 3. The highest BCUT2D eigenvalue weighted by Gasteiger charge is 2.50. The monoisotopic (exact) mass is 632 g/mol. The fourth-order valence-corrected chi connectivity index (χ4v) is 4.87. The first kappa shape index (κ1) is 30.8. The Labute approximate surface area is 250 Å². The van der Waals surface area contributed by atoms with E-state index >= 15 is 0 Å². The lowest BCUT2D eigenvalue weighted by Gasteiger charge is -2.41. The van der Waals surface area contributed by atoms with E-state index in [1.807, 2.05) is 0 Å². The fraction of sp³-hybridized carbons (Fsp3) is 0.250. The van der Waals surface area contributed by atoms with Crippen molar-refractivity contribution in [2.45, 2.75) is 37.6 Å². The number of benzene rings is 3. The van der Waals surface area contributed by atoms with Gasteiger partial charge in [-0.15, -0.1) is 0 Å². The molecule has 0 aromatic heterocycles. The van der Waals surface area contributed by atoms with Gasteiger partial charge in [0.15, 0.2) is 46.7 Å². The molecule has 5 atom stereocenters. The highest BCUT2D eigenvalue weighted by atomic mass is 16.7. The summed E-state index contributed by atoms with van der Waals surface area (Å²) >= 11 is 0. The standard InChI is InChI=1S/C28H24O17/c1-7-2-8(3-11(29)17(7)32)25(39)45-28-23(38)24-20(35)14(43-28)6-42-26(40)9-4-12(30)18(33)21(36)15(9)16-10(27(41)44-24)5-13(31)19(34)22(16)37/h2-5,14,20,23-24,28-38H,6H2,1H3/t14?,20-,23?,24+,28+/m1/s1. The number of cyclic esters (lactones) is 1. The number of hydrogen-bond acceptors (Lipinski definition) is 17. The molecule has 0 spiro atoms. The van der Waals surface area contributed by atoms with Crippen molar-refractivity contribution in [3.8, 4) is 57.1 Å². The molecular formula is C28H24O17. The molecule has 17 heteroatoms. The number of rotatable bonds is 2. The number of esters is 3. The number of hydrogen-bond donors (Lipinski definition) is 10. The van der Waals surface area contributed by atoms with E-state index in [4.69, 9.17) is 18.9 Å². The maximum absolute atomic E-state index is 13.5. The van der Waals surface area contributed by atoms with E-state index in [-0.39, 0.29) is 11.1 Å². The lowest BCUT2D eigenvalue weighted by atomic mass is 9.91. The van der Waals surface area contributed by atoms with Crippen LogP contribution in [0.5, 0.6) is 46.0 Å². The molecule has 2 heterocycles. The van der Waals surface area contributed by atoms with Gasteiger partial charge in [0, 0.05) is 11.1 Å². The van der Waals surface area contributed by atoms with Crippen LogP contribution in [-0.4, -0.2) is 106 Å². The van der Waals surface area contributed by atoms with Gasteiger partial charge in [0.25, 0.3) is 0 Å². The summed E-state index contributed by atoms with van der Waals surface area (Å²) in [5.41, 5.74) is -3.70.